The van der Waals surface area contributed by atoms with Gasteiger partial charge in [-0.05, 0) is 31.0 Å². The lowest BCUT2D eigenvalue weighted by molar-refractivity contribution is 0.240. The van der Waals surface area contributed by atoms with E-state index in [9.17, 15) is 0 Å². The molecule has 1 saturated heterocycles. The second-order valence-corrected chi connectivity index (χ2v) is 5.79. The number of aryl methyl sites for hydroxylation is 1. The van der Waals surface area contributed by atoms with E-state index >= 15 is 0 Å². The summed E-state index contributed by atoms with van der Waals surface area (Å²) < 4.78 is 5.05. The number of nitrogens with two attached hydrogens (primary N) is 1. The largest absolute Gasteiger partial charge is 0.369 e. The van der Waals surface area contributed by atoms with E-state index in [0.717, 1.165) is 38.5 Å². The molecule has 0 bridgehead atoms. The van der Waals surface area contributed by atoms with Crippen molar-refractivity contribution < 1.29 is 4.52 Å². The second kappa shape index (κ2) is 9.22. The van der Waals surface area contributed by atoms with E-state index in [4.69, 9.17) is 10.3 Å². The van der Waals surface area contributed by atoms with Crippen molar-refractivity contribution in [1.82, 2.24) is 15.0 Å². The van der Waals surface area contributed by atoms with Gasteiger partial charge in [-0.15, -0.1) is 24.8 Å². The maximum atomic E-state index is 5.49. The van der Waals surface area contributed by atoms with Crippen LogP contribution in [-0.2, 0) is 13.1 Å². The van der Waals surface area contributed by atoms with E-state index in [2.05, 4.69) is 52.0 Å². The van der Waals surface area contributed by atoms with Crippen molar-refractivity contribution in [2.75, 3.05) is 31.1 Å². The number of rotatable bonds is 4. The zero-order chi connectivity index (χ0) is 15.5. The third-order valence-electron chi connectivity index (χ3n) is 4.34. The smallest absolute Gasteiger partial charge is 0.240 e. The van der Waals surface area contributed by atoms with Gasteiger partial charge in [0.05, 0.1) is 13.1 Å². The van der Waals surface area contributed by atoms with Gasteiger partial charge in [0, 0.05) is 31.9 Å². The molecule has 0 radical (unpaired) electrons. The molecule has 0 saturated carbocycles. The summed E-state index contributed by atoms with van der Waals surface area (Å²) in [5, 5.41) is 3.96. The third-order valence-corrected chi connectivity index (χ3v) is 4.34. The first-order valence-electron chi connectivity index (χ1n) is 7.72. The predicted octanol–water partition coefficient (Wildman–Crippen LogP) is 2.31. The van der Waals surface area contributed by atoms with Crippen LogP contribution in [0.15, 0.2) is 22.7 Å². The van der Waals surface area contributed by atoms with Crippen molar-refractivity contribution in [3.63, 3.8) is 0 Å². The van der Waals surface area contributed by atoms with Crippen LogP contribution >= 0.6 is 24.8 Å². The molecule has 1 aromatic carbocycles. The SMILES string of the molecule is Cc1cccc(N2CCN(Cc3noc(CN)n3)CC2)c1C.Cl.Cl. The minimum absolute atomic E-state index is 0. The quantitative estimate of drug-likeness (QED) is 0.886. The average Bonchev–Trinajstić information content (AvgIpc) is 2.99. The van der Waals surface area contributed by atoms with Gasteiger partial charge >= 0.3 is 0 Å². The fourth-order valence-corrected chi connectivity index (χ4v) is 2.86. The number of nitrogens with zero attached hydrogens (tertiary/aromatic N) is 4. The summed E-state index contributed by atoms with van der Waals surface area (Å²) in [5.41, 5.74) is 9.56. The Labute approximate surface area is 155 Å². The first-order chi connectivity index (χ1) is 10.7. The minimum atomic E-state index is 0. The monoisotopic (exact) mass is 373 g/mol. The highest BCUT2D eigenvalue weighted by molar-refractivity contribution is 5.85. The van der Waals surface area contributed by atoms with E-state index in [-0.39, 0.29) is 24.8 Å². The van der Waals surface area contributed by atoms with E-state index in [1.165, 1.54) is 16.8 Å². The molecule has 0 amide bonds. The Bertz CT molecular complexity index is 641. The van der Waals surface area contributed by atoms with Crippen LogP contribution in [0.3, 0.4) is 0 Å². The highest BCUT2D eigenvalue weighted by atomic mass is 35.5. The molecule has 0 unspecified atom stereocenters. The van der Waals surface area contributed by atoms with Crippen LogP contribution in [0, 0.1) is 13.8 Å². The minimum Gasteiger partial charge on any atom is -0.369 e. The van der Waals surface area contributed by atoms with Crippen molar-refractivity contribution in [2.24, 2.45) is 5.73 Å². The number of benzene rings is 1. The Morgan fingerprint density at radius 3 is 2.46 bits per heavy atom. The first kappa shape index (κ1) is 20.7. The maximum absolute atomic E-state index is 5.49. The topological polar surface area (TPSA) is 71.4 Å². The first-order valence-corrected chi connectivity index (χ1v) is 7.72. The molecule has 2 heterocycles. The van der Waals surface area contributed by atoms with Gasteiger partial charge in [-0.25, -0.2) is 0 Å². The Balaban J connectivity index is 0.00000144. The number of halogens is 2. The maximum Gasteiger partial charge on any atom is 0.240 e. The zero-order valence-electron chi connectivity index (χ0n) is 14.1. The van der Waals surface area contributed by atoms with Crippen LogP contribution in [0.5, 0.6) is 0 Å². The molecule has 1 fully saturated rings. The molecule has 8 heteroatoms. The van der Waals surface area contributed by atoms with E-state index in [0.29, 0.717) is 12.4 Å². The number of aromatic nitrogens is 2. The molecule has 6 nitrogen and oxygen atoms in total. The zero-order valence-corrected chi connectivity index (χ0v) is 15.7. The van der Waals surface area contributed by atoms with Crippen LogP contribution < -0.4 is 10.6 Å². The summed E-state index contributed by atoms with van der Waals surface area (Å²) in [6, 6.07) is 6.52. The van der Waals surface area contributed by atoms with Gasteiger partial charge in [0.25, 0.3) is 0 Å². The van der Waals surface area contributed by atoms with Gasteiger partial charge in [0.1, 0.15) is 0 Å². The number of hydrogen-bond acceptors (Lipinski definition) is 6. The van der Waals surface area contributed by atoms with Crippen LogP contribution in [0.25, 0.3) is 0 Å². The molecule has 0 spiro atoms. The molecule has 0 atom stereocenters. The van der Waals surface area contributed by atoms with Crippen molar-refractivity contribution in [3.05, 3.63) is 41.0 Å². The van der Waals surface area contributed by atoms with Gasteiger partial charge in [-0.2, -0.15) is 4.98 Å². The van der Waals surface area contributed by atoms with Gasteiger partial charge in [-0.3, -0.25) is 4.90 Å². The van der Waals surface area contributed by atoms with Crippen molar-refractivity contribution >= 4 is 30.5 Å². The van der Waals surface area contributed by atoms with Crippen molar-refractivity contribution in [2.45, 2.75) is 26.9 Å². The fourth-order valence-electron chi connectivity index (χ4n) is 2.86. The van der Waals surface area contributed by atoms with E-state index in [1.807, 2.05) is 0 Å². The lowest BCUT2D eigenvalue weighted by atomic mass is 10.1. The molecule has 1 aliphatic rings. The van der Waals surface area contributed by atoms with Gasteiger partial charge in [-0.1, -0.05) is 17.3 Å². The van der Waals surface area contributed by atoms with E-state index < -0.39 is 0 Å². The molecule has 3 rings (SSSR count). The molecule has 2 N–H and O–H groups in total. The fraction of sp³-hybridized carbons (Fsp3) is 0.500. The summed E-state index contributed by atoms with van der Waals surface area (Å²) in [5.74, 6) is 1.23. The summed E-state index contributed by atoms with van der Waals surface area (Å²) in [7, 11) is 0. The molecule has 1 aromatic heterocycles. The Morgan fingerprint density at radius 2 is 1.83 bits per heavy atom. The van der Waals surface area contributed by atoms with Crippen molar-refractivity contribution in [1.29, 1.82) is 0 Å². The van der Waals surface area contributed by atoms with Gasteiger partial charge in [0.15, 0.2) is 5.82 Å². The van der Waals surface area contributed by atoms with Crippen LogP contribution in [-0.4, -0.2) is 41.2 Å². The number of piperazine rings is 1. The van der Waals surface area contributed by atoms with Crippen LogP contribution in [0.4, 0.5) is 5.69 Å². The Morgan fingerprint density at radius 1 is 1.12 bits per heavy atom. The van der Waals surface area contributed by atoms with E-state index in [1.54, 1.807) is 0 Å². The Kier molecular flexibility index (Phi) is 7.96. The highest BCUT2D eigenvalue weighted by Crippen LogP contribution is 2.24. The van der Waals surface area contributed by atoms with Crippen LogP contribution in [0.2, 0.25) is 0 Å². The Hall–Kier alpha value is -1.34. The van der Waals surface area contributed by atoms with Gasteiger partial charge in [0.2, 0.25) is 5.89 Å². The average molecular weight is 374 g/mol. The lowest BCUT2D eigenvalue weighted by Crippen LogP contribution is -2.46. The summed E-state index contributed by atoms with van der Waals surface area (Å²) in [6.45, 7) is 9.43. The molecular formula is C16H25Cl2N5O. The predicted molar refractivity (Wildman–Crippen MR) is 100 cm³/mol. The van der Waals surface area contributed by atoms with Crippen molar-refractivity contribution in [3.8, 4) is 0 Å². The summed E-state index contributed by atoms with van der Waals surface area (Å²) >= 11 is 0. The summed E-state index contributed by atoms with van der Waals surface area (Å²) in [6.07, 6.45) is 0. The molecule has 24 heavy (non-hydrogen) atoms. The van der Waals surface area contributed by atoms with Gasteiger partial charge < -0.3 is 15.2 Å². The highest BCUT2D eigenvalue weighted by Gasteiger charge is 2.20. The normalized spacial score (nSPS) is 14.9. The standard InChI is InChI=1S/C16H23N5O.2ClH/c1-12-4-3-5-14(13(12)2)21-8-6-20(7-9-21)11-15-18-16(10-17)22-19-15;;/h3-5H,6-11,17H2,1-2H3;2*1H. The number of anilines is 1. The van der Waals surface area contributed by atoms with Crippen LogP contribution in [0.1, 0.15) is 22.8 Å². The molecule has 0 aliphatic carbocycles. The summed E-state index contributed by atoms with van der Waals surface area (Å²) in [4.78, 5) is 9.08. The molecule has 134 valence electrons. The second-order valence-electron chi connectivity index (χ2n) is 5.79. The molecule has 2 aromatic rings. The lowest BCUT2D eigenvalue weighted by Gasteiger charge is -2.36. The number of hydrogen-bond donors (Lipinski definition) is 1. The molecule has 1 aliphatic heterocycles. The molecular weight excluding hydrogens is 349 g/mol. The third kappa shape index (κ3) is 4.60.